The Labute approximate surface area is 106 Å². The molecule has 0 aliphatic rings. The molecule has 5 heteroatoms. The number of aliphatic hydroxyl groups is 1. The normalized spacial score (nSPS) is 10.3. The molecule has 17 heavy (non-hydrogen) atoms. The van der Waals surface area contributed by atoms with Gasteiger partial charge in [0.1, 0.15) is 11.6 Å². The summed E-state index contributed by atoms with van der Waals surface area (Å²) in [5, 5.41) is 9.16. The van der Waals surface area contributed by atoms with Crippen molar-refractivity contribution in [1.82, 2.24) is 4.98 Å². The van der Waals surface area contributed by atoms with Gasteiger partial charge in [0.2, 0.25) is 5.88 Å². The van der Waals surface area contributed by atoms with Crippen molar-refractivity contribution in [2.75, 3.05) is 0 Å². The average molecular weight is 298 g/mol. The molecule has 1 aromatic carbocycles. The Balaban J connectivity index is 2.26. The number of hydrogen-bond donors (Lipinski definition) is 1. The fraction of sp³-hybridized carbons (Fsp3) is 0.0833. The van der Waals surface area contributed by atoms with Crippen LogP contribution in [-0.4, -0.2) is 10.1 Å². The molecule has 0 saturated carbocycles. The molecule has 0 radical (unpaired) electrons. The Morgan fingerprint density at radius 1 is 1.29 bits per heavy atom. The first kappa shape index (κ1) is 12.0. The molecule has 0 atom stereocenters. The van der Waals surface area contributed by atoms with Crippen LogP contribution in [0.1, 0.15) is 5.56 Å². The van der Waals surface area contributed by atoms with Gasteiger partial charge >= 0.3 is 0 Å². The Kier molecular flexibility index (Phi) is 3.71. The highest BCUT2D eigenvalue weighted by Crippen LogP contribution is 2.25. The lowest BCUT2D eigenvalue weighted by Crippen LogP contribution is -1.95. The van der Waals surface area contributed by atoms with Crippen LogP contribution in [0.2, 0.25) is 0 Å². The first-order valence-electron chi connectivity index (χ1n) is 4.88. The van der Waals surface area contributed by atoms with Crippen LogP contribution in [-0.2, 0) is 6.61 Å². The van der Waals surface area contributed by atoms with Gasteiger partial charge in [-0.15, -0.1) is 0 Å². The van der Waals surface area contributed by atoms with Crippen LogP contribution >= 0.6 is 15.9 Å². The second kappa shape index (κ2) is 5.25. The minimum absolute atomic E-state index is 0.178. The van der Waals surface area contributed by atoms with E-state index in [0.717, 1.165) is 4.47 Å². The number of rotatable bonds is 3. The Hall–Kier alpha value is -1.46. The molecule has 88 valence electrons. The highest BCUT2D eigenvalue weighted by Gasteiger charge is 2.06. The highest BCUT2D eigenvalue weighted by atomic mass is 79.9. The Morgan fingerprint density at radius 3 is 2.65 bits per heavy atom. The van der Waals surface area contributed by atoms with Crippen molar-refractivity contribution in [3.63, 3.8) is 0 Å². The van der Waals surface area contributed by atoms with Gasteiger partial charge in [-0.3, -0.25) is 0 Å². The van der Waals surface area contributed by atoms with Crippen LogP contribution in [0.5, 0.6) is 11.6 Å². The van der Waals surface area contributed by atoms with E-state index in [9.17, 15) is 4.39 Å². The predicted molar refractivity (Wildman–Crippen MR) is 64.3 cm³/mol. The molecule has 2 rings (SSSR count). The van der Waals surface area contributed by atoms with Gasteiger partial charge in [-0.25, -0.2) is 9.37 Å². The van der Waals surface area contributed by atoms with Crippen LogP contribution < -0.4 is 4.74 Å². The largest absolute Gasteiger partial charge is 0.439 e. The number of aromatic nitrogens is 1. The zero-order valence-electron chi connectivity index (χ0n) is 8.73. The van der Waals surface area contributed by atoms with E-state index >= 15 is 0 Å². The van der Waals surface area contributed by atoms with Crippen molar-refractivity contribution in [1.29, 1.82) is 0 Å². The fourth-order valence-corrected chi connectivity index (χ4v) is 1.67. The van der Waals surface area contributed by atoms with Gasteiger partial charge in [-0.1, -0.05) is 0 Å². The third-order valence-electron chi connectivity index (χ3n) is 2.09. The number of ether oxygens (including phenoxy) is 1. The second-order valence-electron chi connectivity index (χ2n) is 3.33. The van der Waals surface area contributed by atoms with Gasteiger partial charge in [0, 0.05) is 16.2 Å². The second-order valence-corrected chi connectivity index (χ2v) is 4.25. The van der Waals surface area contributed by atoms with E-state index in [1.165, 1.54) is 24.3 Å². The molecular formula is C12H9BrFNO2. The van der Waals surface area contributed by atoms with Gasteiger partial charge in [-0.05, 0) is 46.3 Å². The summed E-state index contributed by atoms with van der Waals surface area (Å²) in [6, 6.07) is 7.31. The van der Waals surface area contributed by atoms with Crippen LogP contribution in [0.4, 0.5) is 4.39 Å². The molecule has 2 aromatic rings. The van der Waals surface area contributed by atoms with Gasteiger partial charge in [0.25, 0.3) is 0 Å². The van der Waals surface area contributed by atoms with E-state index in [-0.39, 0.29) is 12.4 Å². The van der Waals surface area contributed by atoms with Crippen molar-refractivity contribution in [2.45, 2.75) is 6.61 Å². The highest BCUT2D eigenvalue weighted by molar-refractivity contribution is 9.10. The van der Waals surface area contributed by atoms with Crippen LogP contribution in [0, 0.1) is 5.82 Å². The van der Waals surface area contributed by atoms with E-state index in [4.69, 9.17) is 9.84 Å². The standard InChI is InChI=1S/C12H9BrFNO2/c13-9-5-8(7-16)12(15-6-9)17-11-3-1-10(14)2-4-11/h1-6,16H,7H2. The summed E-state index contributed by atoms with van der Waals surface area (Å²) >= 11 is 3.25. The van der Waals surface area contributed by atoms with Crippen molar-refractivity contribution in [3.05, 3.63) is 52.4 Å². The minimum atomic E-state index is -0.330. The maximum atomic E-state index is 12.7. The zero-order valence-corrected chi connectivity index (χ0v) is 10.3. The SMILES string of the molecule is OCc1cc(Br)cnc1Oc1ccc(F)cc1. The number of pyridine rings is 1. The number of benzene rings is 1. The number of halogens is 2. The average Bonchev–Trinajstić information content (AvgIpc) is 2.34. The lowest BCUT2D eigenvalue weighted by molar-refractivity contribution is 0.275. The monoisotopic (exact) mass is 297 g/mol. The smallest absolute Gasteiger partial charge is 0.224 e. The van der Waals surface area contributed by atoms with E-state index in [0.29, 0.717) is 17.2 Å². The fourth-order valence-electron chi connectivity index (χ4n) is 1.29. The van der Waals surface area contributed by atoms with Crippen molar-refractivity contribution >= 4 is 15.9 Å². The van der Waals surface area contributed by atoms with Crippen molar-refractivity contribution in [2.24, 2.45) is 0 Å². The molecule has 1 N–H and O–H groups in total. The van der Waals surface area contributed by atoms with Crippen LogP contribution in [0.3, 0.4) is 0 Å². The Morgan fingerprint density at radius 2 is 2.00 bits per heavy atom. The van der Waals surface area contributed by atoms with Gasteiger partial charge in [0.15, 0.2) is 0 Å². The zero-order chi connectivity index (χ0) is 12.3. The molecule has 0 saturated heterocycles. The van der Waals surface area contributed by atoms with Crippen LogP contribution in [0.15, 0.2) is 41.0 Å². The predicted octanol–water partition coefficient (Wildman–Crippen LogP) is 3.27. The third kappa shape index (κ3) is 3.01. The number of aliphatic hydroxyl groups excluding tert-OH is 1. The first-order chi connectivity index (χ1) is 8.19. The first-order valence-corrected chi connectivity index (χ1v) is 5.67. The molecule has 0 unspecified atom stereocenters. The number of nitrogens with zero attached hydrogens (tertiary/aromatic N) is 1. The lowest BCUT2D eigenvalue weighted by atomic mass is 10.3. The summed E-state index contributed by atoms with van der Waals surface area (Å²) in [5.74, 6) is 0.446. The van der Waals surface area contributed by atoms with E-state index in [1.54, 1.807) is 12.3 Å². The summed E-state index contributed by atoms with van der Waals surface area (Å²) in [6.07, 6.45) is 1.57. The van der Waals surface area contributed by atoms with E-state index in [1.807, 2.05) is 0 Å². The number of hydrogen-bond acceptors (Lipinski definition) is 3. The molecule has 3 nitrogen and oxygen atoms in total. The van der Waals surface area contributed by atoms with Gasteiger partial charge < -0.3 is 9.84 Å². The molecule has 0 aliphatic heterocycles. The molecule has 1 heterocycles. The molecule has 0 aliphatic carbocycles. The Bertz CT molecular complexity index is 516. The van der Waals surface area contributed by atoms with E-state index in [2.05, 4.69) is 20.9 Å². The minimum Gasteiger partial charge on any atom is -0.439 e. The molecule has 0 fully saturated rings. The molecular weight excluding hydrogens is 289 g/mol. The van der Waals surface area contributed by atoms with Crippen molar-refractivity contribution < 1.29 is 14.2 Å². The quantitative estimate of drug-likeness (QED) is 0.945. The van der Waals surface area contributed by atoms with Gasteiger partial charge in [-0.2, -0.15) is 0 Å². The maximum absolute atomic E-state index is 12.7. The summed E-state index contributed by atoms with van der Waals surface area (Å²) < 4.78 is 18.9. The summed E-state index contributed by atoms with van der Waals surface area (Å²) in [6.45, 7) is -0.178. The van der Waals surface area contributed by atoms with E-state index < -0.39 is 0 Å². The topological polar surface area (TPSA) is 42.4 Å². The van der Waals surface area contributed by atoms with Gasteiger partial charge in [0.05, 0.1) is 6.61 Å². The molecule has 0 spiro atoms. The summed E-state index contributed by atoms with van der Waals surface area (Å²) in [5.41, 5.74) is 0.559. The maximum Gasteiger partial charge on any atom is 0.224 e. The lowest BCUT2D eigenvalue weighted by Gasteiger charge is -2.08. The molecule has 0 bridgehead atoms. The van der Waals surface area contributed by atoms with Crippen molar-refractivity contribution in [3.8, 4) is 11.6 Å². The third-order valence-corrected chi connectivity index (χ3v) is 2.52. The summed E-state index contributed by atoms with van der Waals surface area (Å²) in [7, 11) is 0. The molecule has 0 amide bonds. The molecule has 1 aromatic heterocycles. The van der Waals surface area contributed by atoms with Crippen LogP contribution in [0.25, 0.3) is 0 Å². The summed E-state index contributed by atoms with van der Waals surface area (Å²) in [4.78, 5) is 4.04.